The van der Waals surface area contributed by atoms with Gasteiger partial charge in [-0.05, 0) is 64.5 Å². The van der Waals surface area contributed by atoms with E-state index in [0.717, 1.165) is 142 Å². The van der Waals surface area contributed by atoms with Crippen molar-refractivity contribution < 1.29 is 44.4 Å². The number of hydrogen-bond acceptors (Lipinski definition) is 7. The van der Waals surface area contributed by atoms with E-state index in [4.69, 9.17) is 31.9 Å². The van der Waals surface area contributed by atoms with Gasteiger partial charge < -0.3 is 37.2 Å². The van der Waals surface area contributed by atoms with Crippen LogP contribution in [0.1, 0.15) is 167 Å². The van der Waals surface area contributed by atoms with Gasteiger partial charge in [-0.25, -0.2) is 0 Å². The van der Waals surface area contributed by atoms with Crippen molar-refractivity contribution in [3.05, 3.63) is 0 Å². The molecule has 1 rings (SSSR count). The van der Waals surface area contributed by atoms with Gasteiger partial charge in [0.05, 0.1) is 0 Å². The van der Waals surface area contributed by atoms with Crippen molar-refractivity contribution >= 4 is 29.8 Å². The molecule has 0 aromatic rings. The van der Waals surface area contributed by atoms with Crippen LogP contribution in [0.25, 0.3) is 0 Å². The van der Waals surface area contributed by atoms with Crippen LogP contribution in [-0.2, 0) is 24.0 Å². The van der Waals surface area contributed by atoms with E-state index < -0.39 is 23.9 Å². The molecule has 46 heavy (non-hydrogen) atoms. The summed E-state index contributed by atoms with van der Waals surface area (Å²) in [6.07, 6.45) is 23.3. The maximum Gasteiger partial charge on any atom is 0.303 e. The van der Waals surface area contributed by atoms with E-state index >= 15 is 0 Å². The summed E-state index contributed by atoms with van der Waals surface area (Å²) < 4.78 is 0. The molecule has 1 aliphatic heterocycles. The van der Waals surface area contributed by atoms with Gasteiger partial charge in [-0.2, -0.15) is 0 Å². The second-order valence-corrected chi connectivity index (χ2v) is 11.7. The molecule has 0 unspecified atom stereocenters. The Morgan fingerprint density at radius 3 is 1.02 bits per heavy atom. The molecule has 9 N–H and O–H groups in total. The molecule has 0 aromatic heterocycles. The van der Waals surface area contributed by atoms with Crippen LogP contribution in [0.2, 0.25) is 0 Å². The third-order valence-electron chi connectivity index (χ3n) is 7.12. The van der Waals surface area contributed by atoms with Crippen molar-refractivity contribution in [1.29, 1.82) is 0 Å². The third-order valence-corrected chi connectivity index (χ3v) is 7.12. The molecule has 1 fully saturated rings. The van der Waals surface area contributed by atoms with Gasteiger partial charge in [0, 0.05) is 38.6 Å². The highest BCUT2D eigenvalue weighted by molar-refractivity contribution is 5.75. The molecular weight excluding hydrogens is 594 g/mol. The number of carbonyl (C=O) groups excluding carboxylic acids is 1. The summed E-state index contributed by atoms with van der Waals surface area (Å²) in [6, 6.07) is 0. The minimum Gasteiger partial charge on any atom is -0.481 e. The minimum absolute atomic E-state index is 0.225. The first kappa shape index (κ1) is 47.7. The van der Waals surface area contributed by atoms with E-state index in [2.05, 4.69) is 5.32 Å². The predicted molar refractivity (Wildman–Crippen MR) is 182 cm³/mol. The van der Waals surface area contributed by atoms with Gasteiger partial charge in [0.15, 0.2) is 0 Å². The lowest BCUT2D eigenvalue weighted by atomic mass is 10.1. The summed E-state index contributed by atoms with van der Waals surface area (Å²) in [6.45, 7) is 2.54. The van der Waals surface area contributed by atoms with Crippen LogP contribution >= 0.6 is 0 Å². The molecule has 0 bridgehead atoms. The Morgan fingerprint density at radius 1 is 0.457 bits per heavy atom. The summed E-state index contributed by atoms with van der Waals surface area (Å²) in [4.78, 5) is 51.3. The summed E-state index contributed by atoms with van der Waals surface area (Å²) in [5, 5.41) is 36.3. The van der Waals surface area contributed by atoms with Crippen molar-refractivity contribution in [2.75, 3.05) is 19.6 Å². The molecule has 0 radical (unpaired) electrons. The maximum absolute atomic E-state index is 10.6. The number of nitrogens with two attached hydrogens (primary N) is 2. The fraction of sp³-hybridized carbons (Fsp3) is 0.853. The molecule has 1 aliphatic rings. The van der Waals surface area contributed by atoms with Crippen LogP contribution < -0.4 is 16.8 Å². The number of rotatable bonds is 25. The largest absolute Gasteiger partial charge is 0.481 e. The maximum atomic E-state index is 10.6. The predicted octanol–water partition coefficient (Wildman–Crippen LogP) is 6.47. The normalized spacial score (nSPS) is 12.1. The Labute approximate surface area is 277 Å². The van der Waals surface area contributed by atoms with Crippen molar-refractivity contribution in [1.82, 2.24) is 5.32 Å². The number of carboxylic acids is 4. The zero-order valence-electron chi connectivity index (χ0n) is 28.5. The van der Waals surface area contributed by atoms with Gasteiger partial charge in [0.1, 0.15) is 0 Å². The minimum atomic E-state index is -0.740. The van der Waals surface area contributed by atoms with Crippen LogP contribution in [0.4, 0.5) is 0 Å². The van der Waals surface area contributed by atoms with Crippen LogP contribution in [-0.4, -0.2) is 69.8 Å². The van der Waals surface area contributed by atoms with Gasteiger partial charge in [0.25, 0.3) is 0 Å². The molecule has 1 saturated heterocycles. The Bertz CT molecular complexity index is 679. The molecule has 0 spiro atoms. The van der Waals surface area contributed by atoms with E-state index in [1.807, 2.05) is 0 Å². The molecule has 0 atom stereocenters. The van der Waals surface area contributed by atoms with Gasteiger partial charge in [0.2, 0.25) is 5.91 Å². The highest BCUT2D eigenvalue weighted by atomic mass is 16.4. The highest BCUT2D eigenvalue weighted by Gasteiger charge is 2.03. The summed E-state index contributed by atoms with van der Waals surface area (Å²) in [5.74, 6) is -2.68. The van der Waals surface area contributed by atoms with Crippen LogP contribution in [0.15, 0.2) is 0 Å². The average Bonchev–Trinajstić information content (AvgIpc) is 3.25. The number of carbonyl (C=O) groups is 5. The lowest BCUT2D eigenvalue weighted by molar-refractivity contribution is -0.138. The van der Waals surface area contributed by atoms with Crippen molar-refractivity contribution in [3.63, 3.8) is 0 Å². The number of amides is 1. The molecule has 1 amide bonds. The van der Waals surface area contributed by atoms with Gasteiger partial charge in [-0.15, -0.1) is 0 Å². The van der Waals surface area contributed by atoms with Crippen LogP contribution in [0, 0.1) is 0 Å². The fourth-order valence-electron chi connectivity index (χ4n) is 4.42. The number of carboxylic acid groups (broad SMARTS) is 4. The molecule has 0 aliphatic carbocycles. The lowest BCUT2D eigenvalue weighted by Gasteiger charge is -2.00. The number of unbranched alkanes of at least 4 members (excludes halogenated alkanes) is 15. The number of hydrogen-bond donors (Lipinski definition) is 7. The quantitative estimate of drug-likeness (QED) is 0.0524. The SMILES string of the molecule is NCCCCCCN.O=C(O)CCCCCCCCC(=O)O.O=C(O)CCCCCCCCCCC(=O)O.O=C1CCCCCN1. The first-order valence-electron chi connectivity index (χ1n) is 17.6. The van der Waals surface area contributed by atoms with Crippen molar-refractivity contribution in [3.8, 4) is 0 Å². The van der Waals surface area contributed by atoms with Crippen molar-refractivity contribution in [2.24, 2.45) is 11.5 Å². The van der Waals surface area contributed by atoms with E-state index in [9.17, 15) is 24.0 Å². The van der Waals surface area contributed by atoms with Gasteiger partial charge in [-0.1, -0.05) is 83.5 Å². The first-order valence-corrected chi connectivity index (χ1v) is 17.6. The van der Waals surface area contributed by atoms with E-state index in [1.54, 1.807) is 0 Å². The standard InChI is InChI=1S/C12H22O4.C10H18O4.C6H16N2.C6H11NO/c13-11(14)9-7-5-3-1-2-4-6-8-10-12(15)16;11-9(12)7-5-3-1-2-4-6-8-10(13)14;7-5-3-1-2-4-6-8;8-6-4-2-1-3-5-7-6/h1-10H2,(H,13,14)(H,15,16);1-8H2,(H,11,12)(H,13,14);1-8H2;1-5H2,(H,7,8). The molecule has 12 nitrogen and oxygen atoms in total. The first-order chi connectivity index (χ1) is 22.1. The monoisotopic (exact) mass is 661 g/mol. The Morgan fingerprint density at radius 2 is 0.739 bits per heavy atom. The fourth-order valence-corrected chi connectivity index (χ4v) is 4.42. The second kappa shape index (κ2) is 40.3. The number of aliphatic carboxylic acids is 4. The summed E-state index contributed by atoms with van der Waals surface area (Å²) in [7, 11) is 0. The van der Waals surface area contributed by atoms with Crippen LogP contribution in [0.3, 0.4) is 0 Å². The topological polar surface area (TPSA) is 230 Å². The Balaban J connectivity index is -0.000000559. The average molecular weight is 662 g/mol. The molecular formula is C34H67N3O9. The van der Waals surface area contributed by atoms with Crippen molar-refractivity contribution in [2.45, 2.75) is 167 Å². The van der Waals surface area contributed by atoms with Gasteiger partial charge in [-0.3, -0.25) is 24.0 Å². The summed E-state index contributed by atoms with van der Waals surface area (Å²) in [5.41, 5.74) is 10.6. The summed E-state index contributed by atoms with van der Waals surface area (Å²) >= 11 is 0. The van der Waals surface area contributed by atoms with E-state index in [1.165, 1.54) is 19.3 Å². The van der Waals surface area contributed by atoms with Crippen LogP contribution in [0.5, 0.6) is 0 Å². The highest BCUT2D eigenvalue weighted by Crippen LogP contribution is 2.11. The Hall–Kier alpha value is -2.73. The molecule has 1 heterocycles. The molecule has 0 aromatic carbocycles. The zero-order valence-corrected chi connectivity index (χ0v) is 28.5. The lowest BCUT2D eigenvalue weighted by Crippen LogP contribution is -2.21. The molecule has 0 saturated carbocycles. The second-order valence-electron chi connectivity index (χ2n) is 11.7. The zero-order chi connectivity index (χ0) is 35.1. The van der Waals surface area contributed by atoms with E-state index in [0.29, 0.717) is 0 Å². The van der Waals surface area contributed by atoms with E-state index in [-0.39, 0.29) is 31.6 Å². The number of nitrogens with one attached hydrogen (secondary N) is 1. The third kappa shape index (κ3) is 53.8. The Kier molecular flexibility index (Phi) is 41.8. The van der Waals surface area contributed by atoms with Gasteiger partial charge >= 0.3 is 23.9 Å². The smallest absolute Gasteiger partial charge is 0.303 e. The molecule has 272 valence electrons. The molecule has 12 heteroatoms.